The molecule has 2 aromatic rings. The zero-order valence-corrected chi connectivity index (χ0v) is 9.26. The summed E-state index contributed by atoms with van der Waals surface area (Å²) < 4.78 is 13.0. The Morgan fingerprint density at radius 1 is 1.18 bits per heavy atom. The van der Waals surface area contributed by atoms with Gasteiger partial charge in [0.15, 0.2) is 0 Å². The fraction of sp³-hybridized carbons (Fsp3) is 0.0769. The Hall–Kier alpha value is -2.41. The molecule has 0 aliphatic carbocycles. The molecular weight excluding hydrogens is 217 g/mol. The summed E-state index contributed by atoms with van der Waals surface area (Å²) in [6.07, 6.45) is 1.42. The Morgan fingerprint density at radius 2 is 1.88 bits per heavy atom. The molecule has 0 saturated carbocycles. The van der Waals surface area contributed by atoms with E-state index in [9.17, 15) is 4.39 Å². The van der Waals surface area contributed by atoms with E-state index < -0.39 is 5.95 Å². The van der Waals surface area contributed by atoms with Gasteiger partial charge in [-0.05, 0) is 30.3 Å². The molecule has 4 heteroatoms. The predicted molar refractivity (Wildman–Crippen MR) is 63.4 cm³/mol. The molecule has 0 bridgehead atoms. The maximum absolute atomic E-state index is 13.0. The van der Waals surface area contributed by atoms with Crippen LogP contribution in [0.5, 0.6) is 0 Å². The summed E-state index contributed by atoms with van der Waals surface area (Å²) in [4.78, 5) is 5.33. The molecule has 17 heavy (non-hydrogen) atoms. The zero-order valence-electron chi connectivity index (χ0n) is 9.26. The Morgan fingerprint density at radius 3 is 2.47 bits per heavy atom. The first-order valence-corrected chi connectivity index (χ1v) is 5.06. The first-order valence-electron chi connectivity index (χ1n) is 5.06. The molecule has 3 nitrogen and oxygen atoms in total. The summed E-state index contributed by atoms with van der Waals surface area (Å²) in [5.41, 5.74) is 2.19. The van der Waals surface area contributed by atoms with Gasteiger partial charge in [0.2, 0.25) is 5.95 Å². The Balaban J connectivity index is 2.30. The Labute approximate surface area is 98.8 Å². The first kappa shape index (κ1) is 11.1. The molecule has 1 aromatic heterocycles. The van der Waals surface area contributed by atoms with Crippen LogP contribution in [0.3, 0.4) is 0 Å². The van der Waals surface area contributed by atoms with Crippen LogP contribution in [-0.4, -0.2) is 12.0 Å². The highest BCUT2D eigenvalue weighted by atomic mass is 19.1. The van der Waals surface area contributed by atoms with Crippen molar-refractivity contribution in [2.75, 3.05) is 11.9 Å². The molecule has 0 atom stereocenters. The van der Waals surface area contributed by atoms with Crippen LogP contribution in [0.4, 0.5) is 15.8 Å². The van der Waals surface area contributed by atoms with Crippen LogP contribution < -0.4 is 4.90 Å². The van der Waals surface area contributed by atoms with Crippen molar-refractivity contribution >= 4 is 11.4 Å². The van der Waals surface area contributed by atoms with Gasteiger partial charge in [-0.15, -0.1) is 0 Å². The van der Waals surface area contributed by atoms with E-state index in [-0.39, 0.29) is 0 Å². The maximum Gasteiger partial charge on any atom is 0.214 e. The van der Waals surface area contributed by atoms with Crippen molar-refractivity contribution in [1.82, 2.24) is 4.98 Å². The van der Waals surface area contributed by atoms with Gasteiger partial charge in [0, 0.05) is 30.7 Å². The van der Waals surface area contributed by atoms with E-state index in [1.165, 1.54) is 12.3 Å². The predicted octanol–water partition coefficient (Wildman–Crippen LogP) is 2.86. The van der Waals surface area contributed by atoms with Gasteiger partial charge in [0.25, 0.3) is 0 Å². The van der Waals surface area contributed by atoms with E-state index in [0.717, 1.165) is 5.69 Å². The van der Waals surface area contributed by atoms with E-state index >= 15 is 0 Å². The SMILES string of the molecule is CN(c1ccc(C#N)cc1)c1ccnc(F)c1. The monoisotopic (exact) mass is 227 g/mol. The highest BCUT2D eigenvalue weighted by Crippen LogP contribution is 2.23. The van der Waals surface area contributed by atoms with Crippen molar-refractivity contribution in [1.29, 1.82) is 5.26 Å². The maximum atomic E-state index is 13.0. The van der Waals surface area contributed by atoms with Crippen molar-refractivity contribution in [2.24, 2.45) is 0 Å². The van der Waals surface area contributed by atoms with Crippen LogP contribution in [0.15, 0.2) is 42.6 Å². The van der Waals surface area contributed by atoms with Gasteiger partial charge in [-0.1, -0.05) is 0 Å². The van der Waals surface area contributed by atoms with Crippen LogP contribution >= 0.6 is 0 Å². The summed E-state index contributed by atoms with van der Waals surface area (Å²) in [6.45, 7) is 0. The minimum absolute atomic E-state index is 0.511. The molecule has 0 unspecified atom stereocenters. The number of nitriles is 1. The summed E-state index contributed by atoms with van der Waals surface area (Å²) in [7, 11) is 1.83. The summed E-state index contributed by atoms with van der Waals surface area (Å²) >= 11 is 0. The van der Waals surface area contributed by atoms with Gasteiger partial charge in [-0.2, -0.15) is 9.65 Å². The molecule has 0 N–H and O–H groups in total. The quantitative estimate of drug-likeness (QED) is 0.740. The van der Waals surface area contributed by atoms with Crippen molar-refractivity contribution in [3.63, 3.8) is 0 Å². The second-order valence-corrected chi connectivity index (χ2v) is 3.55. The average molecular weight is 227 g/mol. The number of aromatic nitrogens is 1. The van der Waals surface area contributed by atoms with Crippen molar-refractivity contribution in [3.8, 4) is 6.07 Å². The second kappa shape index (κ2) is 4.62. The lowest BCUT2D eigenvalue weighted by Gasteiger charge is -2.19. The highest BCUT2D eigenvalue weighted by Gasteiger charge is 2.05. The minimum Gasteiger partial charge on any atom is -0.344 e. The van der Waals surface area contributed by atoms with E-state index in [2.05, 4.69) is 11.1 Å². The molecule has 0 fully saturated rings. The van der Waals surface area contributed by atoms with Gasteiger partial charge < -0.3 is 4.90 Å². The standard InChI is InChI=1S/C13H10FN3/c1-17(12-6-7-16-13(14)8-12)11-4-2-10(9-15)3-5-11/h2-8H,1H3. The number of halogens is 1. The van der Waals surface area contributed by atoms with Crippen LogP contribution in [0.25, 0.3) is 0 Å². The van der Waals surface area contributed by atoms with Crippen LogP contribution in [0, 0.1) is 17.3 Å². The normalized spacial score (nSPS) is 9.71. The molecule has 0 saturated heterocycles. The minimum atomic E-state index is -0.511. The van der Waals surface area contributed by atoms with E-state index in [1.54, 1.807) is 18.2 Å². The molecule has 0 amide bonds. The number of anilines is 2. The summed E-state index contributed by atoms with van der Waals surface area (Å²) in [5.74, 6) is -0.511. The van der Waals surface area contributed by atoms with Crippen molar-refractivity contribution in [2.45, 2.75) is 0 Å². The Kier molecular flexibility index (Phi) is 3.01. The summed E-state index contributed by atoms with van der Waals surface area (Å²) in [5, 5.41) is 8.70. The molecule has 84 valence electrons. The molecule has 0 aliphatic heterocycles. The van der Waals surface area contributed by atoms with E-state index in [1.807, 2.05) is 24.1 Å². The van der Waals surface area contributed by atoms with Crippen LogP contribution in [0.2, 0.25) is 0 Å². The van der Waals surface area contributed by atoms with Crippen molar-refractivity contribution in [3.05, 3.63) is 54.1 Å². The number of hydrogen-bond acceptors (Lipinski definition) is 3. The smallest absolute Gasteiger partial charge is 0.214 e. The molecular formula is C13H10FN3. The number of benzene rings is 1. The lowest BCUT2D eigenvalue weighted by Crippen LogP contribution is -2.09. The average Bonchev–Trinajstić information content (AvgIpc) is 2.38. The number of nitrogens with zero attached hydrogens (tertiary/aromatic N) is 3. The van der Waals surface area contributed by atoms with Crippen LogP contribution in [-0.2, 0) is 0 Å². The number of pyridine rings is 1. The number of hydrogen-bond donors (Lipinski definition) is 0. The van der Waals surface area contributed by atoms with Crippen molar-refractivity contribution < 1.29 is 4.39 Å². The topological polar surface area (TPSA) is 39.9 Å². The van der Waals surface area contributed by atoms with E-state index in [4.69, 9.17) is 5.26 Å². The van der Waals surface area contributed by atoms with Gasteiger partial charge in [0.05, 0.1) is 11.6 Å². The number of rotatable bonds is 2. The lowest BCUT2D eigenvalue weighted by atomic mass is 10.2. The summed E-state index contributed by atoms with van der Waals surface area (Å²) in [6, 6.07) is 12.2. The highest BCUT2D eigenvalue weighted by molar-refractivity contribution is 5.62. The van der Waals surface area contributed by atoms with Gasteiger partial charge in [0.1, 0.15) is 0 Å². The Bertz CT molecular complexity index is 558. The molecule has 2 rings (SSSR count). The molecule has 0 radical (unpaired) electrons. The van der Waals surface area contributed by atoms with Crippen LogP contribution in [0.1, 0.15) is 5.56 Å². The zero-order chi connectivity index (χ0) is 12.3. The third kappa shape index (κ3) is 2.40. The fourth-order valence-electron chi connectivity index (χ4n) is 1.51. The van der Waals surface area contributed by atoms with Gasteiger partial charge in [-0.25, -0.2) is 4.98 Å². The molecule has 1 aromatic carbocycles. The molecule has 1 heterocycles. The third-order valence-corrected chi connectivity index (χ3v) is 2.48. The molecule has 0 spiro atoms. The third-order valence-electron chi connectivity index (χ3n) is 2.48. The molecule has 0 aliphatic rings. The van der Waals surface area contributed by atoms with Gasteiger partial charge in [-0.3, -0.25) is 0 Å². The first-order chi connectivity index (χ1) is 8.20. The largest absolute Gasteiger partial charge is 0.344 e. The second-order valence-electron chi connectivity index (χ2n) is 3.55. The lowest BCUT2D eigenvalue weighted by molar-refractivity contribution is 0.584. The van der Waals surface area contributed by atoms with E-state index in [0.29, 0.717) is 11.3 Å². The fourth-order valence-corrected chi connectivity index (χ4v) is 1.51. The van der Waals surface area contributed by atoms with Gasteiger partial charge >= 0.3 is 0 Å².